The Labute approximate surface area is 64.8 Å². The smallest absolute Gasteiger partial charge is 0.394 e. The van der Waals surface area contributed by atoms with Crippen LogP contribution in [0.15, 0.2) is 0 Å². The first-order valence-electron chi connectivity index (χ1n) is 3.67. The lowest BCUT2D eigenvalue weighted by Crippen LogP contribution is -2.38. The molecule has 1 aliphatic rings. The lowest BCUT2D eigenvalue weighted by molar-refractivity contribution is -0.156. The van der Waals surface area contributed by atoms with Crippen molar-refractivity contribution in [3.05, 3.63) is 0 Å². The van der Waals surface area contributed by atoms with Gasteiger partial charge in [0.15, 0.2) is 0 Å². The fourth-order valence-corrected chi connectivity index (χ4v) is 1.36. The molecule has 11 heavy (non-hydrogen) atoms. The van der Waals surface area contributed by atoms with Crippen LogP contribution in [0.2, 0.25) is 0 Å². The van der Waals surface area contributed by atoms with Gasteiger partial charge in [0.2, 0.25) is 0 Å². The quantitative estimate of drug-likeness (QED) is 0.507. The highest BCUT2D eigenvalue weighted by Gasteiger charge is 2.28. The second kappa shape index (κ2) is 2.90. The van der Waals surface area contributed by atoms with Crippen LogP contribution in [-0.4, -0.2) is 34.5 Å². The lowest BCUT2D eigenvalue weighted by Gasteiger charge is -2.18. The number of amides is 1. The summed E-state index contributed by atoms with van der Waals surface area (Å²) in [5.41, 5.74) is 0. The van der Waals surface area contributed by atoms with Crippen LogP contribution in [0.3, 0.4) is 0 Å². The van der Waals surface area contributed by atoms with Gasteiger partial charge in [-0.1, -0.05) is 0 Å². The second-order valence-corrected chi connectivity index (χ2v) is 2.79. The van der Waals surface area contributed by atoms with Gasteiger partial charge in [0.1, 0.15) is 0 Å². The summed E-state index contributed by atoms with van der Waals surface area (Å²) in [5, 5.41) is 8.37. The summed E-state index contributed by atoms with van der Waals surface area (Å²) in [6, 6.07) is 0.0959. The number of carbonyl (C=O) groups excluding carboxylic acids is 1. The molecule has 1 heterocycles. The predicted molar refractivity (Wildman–Crippen MR) is 38.0 cm³/mol. The number of aliphatic carboxylic acids is 1. The van der Waals surface area contributed by atoms with Crippen molar-refractivity contribution >= 4 is 11.9 Å². The van der Waals surface area contributed by atoms with Gasteiger partial charge in [-0.25, -0.2) is 4.79 Å². The van der Waals surface area contributed by atoms with Crippen LogP contribution in [0.1, 0.15) is 19.8 Å². The van der Waals surface area contributed by atoms with Crippen molar-refractivity contribution in [2.75, 3.05) is 6.54 Å². The predicted octanol–water partition coefficient (Wildman–Crippen LogP) is 0.0819. The van der Waals surface area contributed by atoms with Crippen LogP contribution < -0.4 is 0 Å². The zero-order valence-corrected chi connectivity index (χ0v) is 6.41. The molecule has 4 heteroatoms. The highest BCUT2D eigenvalue weighted by atomic mass is 16.4. The van der Waals surface area contributed by atoms with Crippen LogP contribution in [0.25, 0.3) is 0 Å². The van der Waals surface area contributed by atoms with Crippen LogP contribution in [-0.2, 0) is 9.59 Å². The minimum Gasteiger partial charge on any atom is -0.474 e. The summed E-state index contributed by atoms with van der Waals surface area (Å²) >= 11 is 0. The summed E-state index contributed by atoms with van der Waals surface area (Å²) in [6.07, 6.45) is 1.83. The Morgan fingerprint density at radius 3 is 2.55 bits per heavy atom. The summed E-state index contributed by atoms with van der Waals surface area (Å²) in [4.78, 5) is 22.5. The molecule has 0 aromatic carbocycles. The maximum absolute atomic E-state index is 10.9. The molecule has 1 amide bonds. The topological polar surface area (TPSA) is 57.6 Å². The number of carboxylic acids is 1. The molecular formula is C7H11NO3. The summed E-state index contributed by atoms with van der Waals surface area (Å²) in [6.45, 7) is 2.46. The van der Waals surface area contributed by atoms with E-state index in [9.17, 15) is 9.59 Å². The Hall–Kier alpha value is -1.06. The normalized spacial score (nSPS) is 23.7. The number of nitrogens with zero attached hydrogens (tertiary/aromatic N) is 1. The van der Waals surface area contributed by atoms with Crippen molar-refractivity contribution in [1.29, 1.82) is 0 Å². The number of carboxylic acid groups (broad SMARTS) is 1. The van der Waals surface area contributed by atoms with Crippen molar-refractivity contribution in [1.82, 2.24) is 4.90 Å². The molecular weight excluding hydrogens is 146 g/mol. The van der Waals surface area contributed by atoms with E-state index in [0.29, 0.717) is 6.54 Å². The molecule has 0 aliphatic carbocycles. The molecule has 1 fully saturated rings. The van der Waals surface area contributed by atoms with Crippen molar-refractivity contribution in [2.45, 2.75) is 25.8 Å². The average Bonchev–Trinajstić information content (AvgIpc) is 2.33. The van der Waals surface area contributed by atoms with Gasteiger partial charge in [0.05, 0.1) is 0 Å². The maximum Gasteiger partial charge on any atom is 0.394 e. The zero-order chi connectivity index (χ0) is 8.43. The van der Waals surface area contributed by atoms with Crippen molar-refractivity contribution in [2.24, 2.45) is 0 Å². The fraction of sp³-hybridized carbons (Fsp3) is 0.714. The van der Waals surface area contributed by atoms with Gasteiger partial charge in [0, 0.05) is 12.6 Å². The number of likely N-dealkylation sites (tertiary alicyclic amines) is 1. The Kier molecular flexibility index (Phi) is 2.12. The first-order chi connectivity index (χ1) is 5.13. The van der Waals surface area contributed by atoms with Gasteiger partial charge >= 0.3 is 11.9 Å². The maximum atomic E-state index is 10.9. The Morgan fingerprint density at radius 1 is 1.55 bits per heavy atom. The Bertz CT molecular complexity index is 190. The third-order valence-corrected chi connectivity index (χ3v) is 2.00. The minimum absolute atomic E-state index is 0.0959. The molecule has 0 spiro atoms. The van der Waals surface area contributed by atoms with Crippen LogP contribution in [0.5, 0.6) is 0 Å². The Morgan fingerprint density at radius 2 is 2.18 bits per heavy atom. The summed E-state index contributed by atoms with van der Waals surface area (Å²) in [7, 11) is 0. The number of rotatable bonds is 0. The van der Waals surface area contributed by atoms with E-state index >= 15 is 0 Å². The molecule has 0 bridgehead atoms. The van der Waals surface area contributed by atoms with E-state index in [0.717, 1.165) is 12.8 Å². The van der Waals surface area contributed by atoms with E-state index in [1.165, 1.54) is 4.90 Å². The van der Waals surface area contributed by atoms with Gasteiger partial charge in [-0.15, -0.1) is 0 Å². The van der Waals surface area contributed by atoms with Crippen LogP contribution in [0.4, 0.5) is 0 Å². The van der Waals surface area contributed by atoms with Gasteiger partial charge in [-0.3, -0.25) is 4.79 Å². The first kappa shape index (κ1) is 8.04. The fourth-order valence-electron chi connectivity index (χ4n) is 1.36. The first-order valence-corrected chi connectivity index (χ1v) is 3.67. The Balaban J connectivity index is 2.60. The highest BCUT2D eigenvalue weighted by molar-refractivity contribution is 6.31. The van der Waals surface area contributed by atoms with Crippen molar-refractivity contribution < 1.29 is 14.7 Å². The third kappa shape index (κ3) is 1.50. The third-order valence-electron chi connectivity index (χ3n) is 2.00. The summed E-state index contributed by atoms with van der Waals surface area (Å²) < 4.78 is 0. The van der Waals surface area contributed by atoms with Crippen molar-refractivity contribution in [3.63, 3.8) is 0 Å². The minimum atomic E-state index is -1.35. The second-order valence-electron chi connectivity index (χ2n) is 2.79. The molecule has 1 rings (SSSR count). The van der Waals surface area contributed by atoms with Crippen LogP contribution in [0, 0.1) is 0 Å². The van der Waals surface area contributed by atoms with Gasteiger partial charge in [-0.2, -0.15) is 0 Å². The van der Waals surface area contributed by atoms with Gasteiger partial charge in [-0.05, 0) is 19.8 Å². The van der Waals surface area contributed by atoms with Gasteiger partial charge in [0.25, 0.3) is 0 Å². The largest absolute Gasteiger partial charge is 0.474 e. The van der Waals surface area contributed by atoms with E-state index in [2.05, 4.69) is 0 Å². The molecule has 1 N–H and O–H groups in total. The van der Waals surface area contributed by atoms with E-state index in [1.54, 1.807) is 0 Å². The number of hydrogen-bond acceptors (Lipinski definition) is 2. The lowest BCUT2D eigenvalue weighted by atomic mass is 10.2. The van der Waals surface area contributed by atoms with E-state index in [4.69, 9.17) is 5.11 Å². The molecule has 1 atom stereocenters. The number of hydrogen-bond donors (Lipinski definition) is 1. The molecule has 1 saturated heterocycles. The SMILES string of the molecule is CC1CCCN1C(=O)C(=O)O. The van der Waals surface area contributed by atoms with Crippen LogP contribution >= 0.6 is 0 Å². The molecule has 0 aromatic heterocycles. The van der Waals surface area contributed by atoms with Crippen molar-refractivity contribution in [3.8, 4) is 0 Å². The molecule has 62 valence electrons. The van der Waals surface area contributed by atoms with E-state index < -0.39 is 11.9 Å². The van der Waals surface area contributed by atoms with E-state index in [1.807, 2.05) is 6.92 Å². The monoisotopic (exact) mass is 157 g/mol. The summed E-state index contributed by atoms with van der Waals surface area (Å²) in [5.74, 6) is -2.12. The number of carbonyl (C=O) groups is 2. The molecule has 4 nitrogen and oxygen atoms in total. The average molecular weight is 157 g/mol. The highest BCUT2D eigenvalue weighted by Crippen LogP contribution is 2.15. The zero-order valence-electron chi connectivity index (χ0n) is 6.41. The molecule has 0 aromatic rings. The van der Waals surface area contributed by atoms with Gasteiger partial charge < -0.3 is 10.0 Å². The molecule has 1 aliphatic heterocycles. The van der Waals surface area contributed by atoms with E-state index in [-0.39, 0.29) is 6.04 Å². The molecule has 1 unspecified atom stereocenters. The molecule has 0 saturated carbocycles. The molecule has 0 radical (unpaired) electrons. The standard InChI is InChI=1S/C7H11NO3/c1-5-3-2-4-8(5)6(9)7(10)11/h5H,2-4H2,1H3,(H,10,11).